The first-order valence-electron chi connectivity index (χ1n) is 11.8. The molecule has 0 bridgehead atoms. The smallest absolute Gasteiger partial charge is 0.0323 e. The van der Waals surface area contributed by atoms with E-state index in [9.17, 15) is 0 Å². The van der Waals surface area contributed by atoms with Crippen molar-refractivity contribution < 1.29 is 0 Å². The molecule has 4 saturated carbocycles. The Bertz CT molecular complexity index is 450. The Balaban J connectivity index is 1.62. The summed E-state index contributed by atoms with van der Waals surface area (Å²) >= 11 is 0. The number of hydrogen-bond acceptors (Lipinski definition) is 0. The van der Waals surface area contributed by atoms with Crippen molar-refractivity contribution in [2.45, 2.75) is 107 Å². The van der Waals surface area contributed by atoms with E-state index in [4.69, 9.17) is 0 Å². The summed E-state index contributed by atoms with van der Waals surface area (Å²) < 4.78 is 0. The van der Waals surface area contributed by atoms with Gasteiger partial charge in [0.05, 0.1) is 0 Å². The van der Waals surface area contributed by atoms with E-state index in [0.29, 0.717) is 21.7 Å². The third kappa shape index (κ3) is 2.91. The van der Waals surface area contributed by atoms with E-state index < -0.39 is 0 Å². The topological polar surface area (TPSA) is 0 Å². The summed E-state index contributed by atoms with van der Waals surface area (Å²) in [7, 11) is 0. The molecule has 0 heteroatoms. The van der Waals surface area contributed by atoms with Crippen LogP contribution in [-0.4, -0.2) is 0 Å². The summed E-state index contributed by atoms with van der Waals surface area (Å²) in [5, 5.41) is 0. The number of fused-ring (bicyclic) bond motifs is 3. The highest BCUT2D eigenvalue weighted by Crippen LogP contribution is 2.66. The predicted molar refractivity (Wildman–Crippen MR) is 113 cm³/mol. The average Bonchev–Trinajstić information content (AvgIpc) is 2.54. The zero-order valence-electron chi connectivity index (χ0n) is 19.1. The second-order valence-corrected chi connectivity index (χ2v) is 13.8. The standard InChI is InChI=1S/C26H46/c1-23(2)9-10-24(3,4)20-14-18-16-22-21(15-17(18)13-19(20)23)25(5,6)11-12-26(22,7)8/h17-22H,9-16H2,1-8H3/t17?,18?,19-,20-,21-,22+/m1/s1. The average molecular weight is 359 g/mol. The fraction of sp³-hybridized carbons (Fsp3) is 1.00. The van der Waals surface area contributed by atoms with E-state index in [1.54, 1.807) is 25.7 Å². The van der Waals surface area contributed by atoms with Crippen LogP contribution in [-0.2, 0) is 0 Å². The molecule has 6 atom stereocenters. The Hall–Kier alpha value is 0. The van der Waals surface area contributed by atoms with Crippen molar-refractivity contribution in [3.8, 4) is 0 Å². The van der Waals surface area contributed by atoms with Gasteiger partial charge in [-0.1, -0.05) is 55.4 Å². The van der Waals surface area contributed by atoms with E-state index in [1.807, 2.05) is 0 Å². The normalized spacial score (nSPS) is 48.0. The molecular weight excluding hydrogens is 312 g/mol. The predicted octanol–water partition coefficient (Wildman–Crippen LogP) is 7.96. The molecule has 0 saturated heterocycles. The van der Waals surface area contributed by atoms with Crippen molar-refractivity contribution >= 4 is 0 Å². The summed E-state index contributed by atoms with van der Waals surface area (Å²) in [4.78, 5) is 0. The van der Waals surface area contributed by atoms with Gasteiger partial charge in [0.25, 0.3) is 0 Å². The second kappa shape index (κ2) is 5.76. The van der Waals surface area contributed by atoms with Crippen LogP contribution >= 0.6 is 0 Å². The van der Waals surface area contributed by atoms with Gasteiger partial charge in [-0.15, -0.1) is 0 Å². The molecule has 26 heavy (non-hydrogen) atoms. The van der Waals surface area contributed by atoms with Gasteiger partial charge >= 0.3 is 0 Å². The minimum Gasteiger partial charge on any atom is -0.0596 e. The summed E-state index contributed by atoms with van der Waals surface area (Å²) in [6.07, 6.45) is 12.0. The van der Waals surface area contributed by atoms with Gasteiger partial charge < -0.3 is 0 Å². The van der Waals surface area contributed by atoms with Crippen LogP contribution in [0.4, 0.5) is 0 Å². The number of hydrogen-bond donors (Lipinski definition) is 0. The Morgan fingerprint density at radius 3 is 0.769 bits per heavy atom. The molecule has 0 amide bonds. The van der Waals surface area contributed by atoms with Crippen LogP contribution in [0.25, 0.3) is 0 Å². The van der Waals surface area contributed by atoms with E-state index in [-0.39, 0.29) is 0 Å². The summed E-state index contributed by atoms with van der Waals surface area (Å²) in [5.41, 5.74) is 2.29. The van der Waals surface area contributed by atoms with Crippen LogP contribution in [0.15, 0.2) is 0 Å². The van der Waals surface area contributed by atoms with Crippen LogP contribution in [0.2, 0.25) is 0 Å². The number of rotatable bonds is 0. The van der Waals surface area contributed by atoms with E-state index >= 15 is 0 Å². The van der Waals surface area contributed by atoms with Gasteiger partial charge in [-0.25, -0.2) is 0 Å². The molecule has 4 aliphatic rings. The molecule has 0 nitrogen and oxygen atoms in total. The lowest BCUT2D eigenvalue weighted by Crippen LogP contribution is -2.54. The van der Waals surface area contributed by atoms with Crippen molar-refractivity contribution in [1.82, 2.24) is 0 Å². The van der Waals surface area contributed by atoms with Crippen molar-refractivity contribution in [1.29, 1.82) is 0 Å². The first kappa shape index (κ1) is 19.3. The third-order valence-electron chi connectivity index (χ3n) is 10.7. The molecule has 2 unspecified atom stereocenters. The van der Waals surface area contributed by atoms with Gasteiger partial charge in [0, 0.05) is 0 Å². The minimum absolute atomic E-state index is 0.573. The molecule has 4 fully saturated rings. The lowest BCUT2D eigenvalue weighted by Gasteiger charge is -2.63. The minimum atomic E-state index is 0.573. The lowest BCUT2D eigenvalue weighted by molar-refractivity contribution is -0.133. The molecule has 4 rings (SSSR count). The maximum atomic E-state index is 2.60. The van der Waals surface area contributed by atoms with Gasteiger partial charge in [0.15, 0.2) is 0 Å². The highest BCUT2D eigenvalue weighted by atomic mass is 14.6. The monoisotopic (exact) mass is 358 g/mol. The van der Waals surface area contributed by atoms with Crippen molar-refractivity contribution in [3.63, 3.8) is 0 Å². The molecule has 0 aliphatic heterocycles. The van der Waals surface area contributed by atoms with Crippen LogP contribution in [0.1, 0.15) is 107 Å². The quantitative estimate of drug-likeness (QED) is 0.412. The van der Waals surface area contributed by atoms with Crippen molar-refractivity contribution in [3.05, 3.63) is 0 Å². The molecule has 0 heterocycles. The first-order valence-corrected chi connectivity index (χ1v) is 11.8. The molecule has 0 aromatic heterocycles. The SMILES string of the molecule is CC1(C)CCC(C)(C)[C@@H]2CC3C[C@H]4[C@@H](CC3C[C@H]21)C(C)(C)CCC4(C)C. The molecule has 150 valence electrons. The second-order valence-electron chi connectivity index (χ2n) is 13.8. The van der Waals surface area contributed by atoms with Crippen molar-refractivity contribution in [2.75, 3.05) is 0 Å². The molecule has 0 radical (unpaired) electrons. The van der Waals surface area contributed by atoms with Crippen LogP contribution in [0, 0.1) is 57.2 Å². The Morgan fingerprint density at radius 1 is 0.385 bits per heavy atom. The Morgan fingerprint density at radius 2 is 0.577 bits per heavy atom. The maximum Gasteiger partial charge on any atom is -0.0323 e. The molecular formula is C26H46. The van der Waals surface area contributed by atoms with Crippen LogP contribution < -0.4 is 0 Å². The van der Waals surface area contributed by atoms with Gasteiger partial charge in [-0.3, -0.25) is 0 Å². The lowest BCUT2D eigenvalue weighted by atomic mass is 9.42. The highest BCUT2D eigenvalue weighted by Gasteiger charge is 2.57. The molecule has 0 aromatic rings. The molecule has 4 aliphatic carbocycles. The highest BCUT2D eigenvalue weighted by molar-refractivity contribution is 5.07. The van der Waals surface area contributed by atoms with Crippen LogP contribution in [0.5, 0.6) is 0 Å². The van der Waals surface area contributed by atoms with Crippen molar-refractivity contribution in [2.24, 2.45) is 57.2 Å². The Kier molecular flexibility index (Phi) is 4.28. The zero-order valence-corrected chi connectivity index (χ0v) is 19.1. The van der Waals surface area contributed by atoms with E-state index in [0.717, 1.165) is 35.5 Å². The summed E-state index contributed by atoms with van der Waals surface area (Å²) in [5.74, 6) is 5.96. The fourth-order valence-electron chi connectivity index (χ4n) is 8.41. The fourth-order valence-corrected chi connectivity index (χ4v) is 8.41. The largest absolute Gasteiger partial charge is 0.0596 e. The van der Waals surface area contributed by atoms with E-state index in [2.05, 4.69) is 55.4 Å². The molecule has 0 spiro atoms. The van der Waals surface area contributed by atoms with Gasteiger partial charge in [-0.05, 0) is 109 Å². The Labute approximate surface area is 164 Å². The maximum absolute atomic E-state index is 2.60. The third-order valence-corrected chi connectivity index (χ3v) is 10.7. The van der Waals surface area contributed by atoms with E-state index in [1.165, 1.54) is 25.7 Å². The summed E-state index contributed by atoms with van der Waals surface area (Å²) in [6.45, 7) is 20.8. The zero-order chi connectivity index (χ0) is 19.1. The van der Waals surface area contributed by atoms with Gasteiger partial charge in [-0.2, -0.15) is 0 Å². The van der Waals surface area contributed by atoms with Gasteiger partial charge in [0.2, 0.25) is 0 Å². The molecule has 0 N–H and O–H groups in total. The summed E-state index contributed by atoms with van der Waals surface area (Å²) in [6, 6.07) is 0. The molecule has 0 aromatic carbocycles. The first-order chi connectivity index (χ1) is 11.8. The van der Waals surface area contributed by atoms with Gasteiger partial charge in [0.1, 0.15) is 0 Å². The van der Waals surface area contributed by atoms with Crippen LogP contribution in [0.3, 0.4) is 0 Å².